The van der Waals surface area contributed by atoms with Crippen molar-refractivity contribution >= 4 is 36.4 Å². The average molecular weight is 375 g/mol. The van der Waals surface area contributed by atoms with E-state index >= 15 is 0 Å². The zero-order chi connectivity index (χ0) is 15.7. The van der Waals surface area contributed by atoms with Gasteiger partial charge in [-0.25, -0.2) is 0 Å². The van der Waals surface area contributed by atoms with E-state index in [-0.39, 0.29) is 30.7 Å². The van der Waals surface area contributed by atoms with Crippen LogP contribution >= 0.6 is 24.8 Å². The van der Waals surface area contributed by atoms with Gasteiger partial charge in [0, 0.05) is 36.9 Å². The molecule has 0 saturated carbocycles. The molecule has 3 N–H and O–H groups in total. The molecule has 0 aromatic heterocycles. The molecule has 3 rings (SSSR count). The molecule has 0 aliphatic carbocycles. The first-order chi connectivity index (χ1) is 10.6. The predicted molar refractivity (Wildman–Crippen MR) is 104 cm³/mol. The Labute approximate surface area is 156 Å². The van der Waals surface area contributed by atoms with Crippen LogP contribution in [0.4, 0.5) is 5.69 Å². The molecule has 2 aliphatic rings. The molecular weight excluding hydrogens is 347 g/mol. The zero-order valence-corrected chi connectivity index (χ0v) is 15.9. The quantitative estimate of drug-likeness (QED) is 0.844. The number of likely N-dealkylation sites (tertiary alicyclic amines) is 1. The van der Waals surface area contributed by atoms with E-state index in [1.807, 2.05) is 24.3 Å². The number of piperidine rings is 1. The Morgan fingerprint density at radius 3 is 2.29 bits per heavy atom. The van der Waals surface area contributed by atoms with Crippen molar-refractivity contribution in [2.24, 2.45) is 5.73 Å². The fourth-order valence-electron chi connectivity index (χ4n) is 3.74. The van der Waals surface area contributed by atoms with Gasteiger partial charge >= 0.3 is 0 Å². The fourth-order valence-corrected chi connectivity index (χ4v) is 3.74. The molecule has 2 fully saturated rings. The van der Waals surface area contributed by atoms with E-state index in [4.69, 9.17) is 5.73 Å². The lowest BCUT2D eigenvalue weighted by Crippen LogP contribution is -2.68. The Morgan fingerprint density at radius 1 is 1.21 bits per heavy atom. The van der Waals surface area contributed by atoms with Crippen LogP contribution in [0, 0.1) is 0 Å². The molecule has 7 heteroatoms. The summed E-state index contributed by atoms with van der Waals surface area (Å²) in [4.78, 5) is 16.1. The smallest absolute Gasteiger partial charge is 0.248 e. The lowest BCUT2D eigenvalue weighted by Gasteiger charge is -2.54. The van der Waals surface area contributed by atoms with Gasteiger partial charge in [0.25, 0.3) is 0 Å². The maximum atomic E-state index is 11.2. The molecule has 2 aliphatic heterocycles. The normalized spacial score (nSPS) is 24.2. The summed E-state index contributed by atoms with van der Waals surface area (Å²) in [6.45, 7) is 5.73. The van der Waals surface area contributed by atoms with Gasteiger partial charge < -0.3 is 16.0 Å². The van der Waals surface area contributed by atoms with Gasteiger partial charge in [0.15, 0.2) is 0 Å². The second-order valence-electron chi connectivity index (χ2n) is 6.51. The molecule has 1 aromatic carbocycles. The predicted octanol–water partition coefficient (Wildman–Crippen LogP) is 1.89. The first kappa shape index (κ1) is 21.0. The highest BCUT2D eigenvalue weighted by Crippen LogP contribution is 2.30. The van der Waals surface area contributed by atoms with Crippen molar-refractivity contribution in [3.8, 4) is 0 Å². The molecule has 2 atom stereocenters. The van der Waals surface area contributed by atoms with E-state index in [2.05, 4.69) is 29.1 Å². The number of carbonyl (C=O) groups excluding carboxylic acids is 1. The monoisotopic (exact) mass is 374 g/mol. The molecule has 0 bridgehead atoms. The summed E-state index contributed by atoms with van der Waals surface area (Å²) in [5.74, 6) is -0.372. The minimum absolute atomic E-state index is 0. The molecule has 136 valence electrons. The van der Waals surface area contributed by atoms with E-state index in [1.165, 1.54) is 12.8 Å². The van der Waals surface area contributed by atoms with E-state index < -0.39 is 0 Å². The number of benzene rings is 1. The summed E-state index contributed by atoms with van der Waals surface area (Å²) >= 11 is 0. The fraction of sp³-hybridized carbons (Fsp3) is 0.588. The Kier molecular flexibility index (Phi) is 7.80. The third kappa shape index (κ3) is 4.14. The maximum Gasteiger partial charge on any atom is 0.248 e. The number of likely N-dealkylation sites (N-methyl/N-ethyl adjacent to an activating group) is 1. The molecule has 5 nitrogen and oxygen atoms in total. The van der Waals surface area contributed by atoms with Crippen LogP contribution < -0.4 is 16.0 Å². The number of nitrogens with zero attached hydrogens (tertiary/aromatic N) is 2. The van der Waals surface area contributed by atoms with Gasteiger partial charge in [-0.15, -0.1) is 24.8 Å². The number of nitrogens with one attached hydrogen (secondary N) is 1. The summed E-state index contributed by atoms with van der Waals surface area (Å²) in [6.07, 6.45) is 2.52. The minimum Gasteiger partial charge on any atom is -0.369 e. The number of hydrogen-bond acceptors (Lipinski definition) is 4. The standard InChI is InChI=1S/C17H26N4O.2ClH/c1-12-16(11-21(12)15-7-9-19-10-8-15)20(2)14-5-3-13(4-6-14)17(18)22;;/h3-6,12,15-16,19H,7-11H2,1-2H3,(H2,18,22);2*1H. The Bertz CT molecular complexity index is 534. The summed E-state index contributed by atoms with van der Waals surface area (Å²) in [6, 6.07) is 9.43. The van der Waals surface area contributed by atoms with Gasteiger partial charge in [0.1, 0.15) is 0 Å². The van der Waals surface area contributed by atoms with Crippen LogP contribution in [-0.2, 0) is 0 Å². The number of amides is 1. The summed E-state index contributed by atoms with van der Waals surface area (Å²) in [7, 11) is 2.14. The molecule has 0 radical (unpaired) electrons. The average Bonchev–Trinajstić information content (AvgIpc) is 2.54. The first-order valence-electron chi connectivity index (χ1n) is 8.17. The van der Waals surface area contributed by atoms with Gasteiger partial charge in [0.2, 0.25) is 5.91 Å². The largest absolute Gasteiger partial charge is 0.369 e. The van der Waals surface area contributed by atoms with Crippen molar-refractivity contribution in [1.29, 1.82) is 0 Å². The van der Waals surface area contributed by atoms with Crippen LogP contribution in [0.2, 0.25) is 0 Å². The molecular formula is C17H28Cl2N4O. The van der Waals surface area contributed by atoms with Gasteiger partial charge in [-0.3, -0.25) is 9.69 Å². The van der Waals surface area contributed by atoms with Crippen LogP contribution in [0.5, 0.6) is 0 Å². The summed E-state index contributed by atoms with van der Waals surface area (Å²) < 4.78 is 0. The Morgan fingerprint density at radius 2 is 1.79 bits per heavy atom. The molecule has 0 spiro atoms. The van der Waals surface area contributed by atoms with Crippen molar-refractivity contribution in [3.63, 3.8) is 0 Å². The molecule has 2 saturated heterocycles. The number of rotatable bonds is 4. The van der Waals surface area contributed by atoms with Crippen LogP contribution in [-0.4, -0.2) is 55.6 Å². The number of hydrogen-bond donors (Lipinski definition) is 2. The minimum atomic E-state index is -0.372. The maximum absolute atomic E-state index is 11.2. The lowest BCUT2D eigenvalue weighted by molar-refractivity contribution is 0.0149. The van der Waals surface area contributed by atoms with E-state index in [9.17, 15) is 4.79 Å². The molecule has 24 heavy (non-hydrogen) atoms. The van der Waals surface area contributed by atoms with Crippen LogP contribution in [0.3, 0.4) is 0 Å². The van der Waals surface area contributed by atoms with Crippen molar-refractivity contribution in [3.05, 3.63) is 29.8 Å². The van der Waals surface area contributed by atoms with E-state index in [0.717, 1.165) is 31.4 Å². The SMILES string of the molecule is CC1C(N(C)c2ccc(C(N)=O)cc2)CN1C1CCNCC1.Cl.Cl. The van der Waals surface area contributed by atoms with E-state index in [0.29, 0.717) is 17.6 Å². The third-order valence-corrected chi connectivity index (χ3v) is 5.31. The van der Waals surface area contributed by atoms with Crippen molar-refractivity contribution in [2.75, 3.05) is 31.6 Å². The number of primary amides is 1. The first-order valence-corrected chi connectivity index (χ1v) is 8.17. The number of carbonyl (C=O) groups is 1. The van der Waals surface area contributed by atoms with Crippen LogP contribution in [0.25, 0.3) is 0 Å². The number of halogens is 2. The highest BCUT2D eigenvalue weighted by Gasteiger charge is 2.41. The molecule has 1 aromatic rings. The highest BCUT2D eigenvalue weighted by molar-refractivity contribution is 5.93. The van der Waals surface area contributed by atoms with Crippen molar-refractivity contribution < 1.29 is 4.79 Å². The van der Waals surface area contributed by atoms with Crippen LogP contribution in [0.1, 0.15) is 30.1 Å². The highest BCUT2D eigenvalue weighted by atomic mass is 35.5. The van der Waals surface area contributed by atoms with Crippen molar-refractivity contribution in [2.45, 2.75) is 37.9 Å². The lowest BCUT2D eigenvalue weighted by atomic mass is 9.90. The van der Waals surface area contributed by atoms with Gasteiger partial charge in [-0.2, -0.15) is 0 Å². The second-order valence-corrected chi connectivity index (χ2v) is 6.51. The Balaban J connectivity index is 0.00000144. The van der Waals surface area contributed by atoms with Gasteiger partial charge in [-0.05, 0) is 57.1 Å². The topological polar surface area (TPSA) is 61.6 Å². The van der Waals surface area contributed by atoms with Crippen LogP contribution in [0.15, 0.2) is 24.3 Å². The summed E-state index contributed by atoms with van der Waals surface area (Å²) in [5, 5.41) is 3.43. The van der Waals surface area contributed by atoms with E-state index in [1.54, 1.807) is 0 Å². The third-order valence-electron chi connectivity index (χ3n) is 5.31. The molecule has 2 heterocycles. The Hall–Kier alpha value is -1.01. The van der Waals surface area contributed by atoms with Crippen molar-refractivity contribution in [1.82, 2.24) is 10.2 Å². The van der Waals surface area contributed by atoms with Gasteiger partial charge in [-0.1, -0.05) is 0 Å². The molecule has 1 amide bonds. The zero-order valence-electron chi connectivity index (χ0n) is 14.3. The summed E-state index contributed by atoms with van der Waals surface area (Å²) in [5.41, 5.74) is 7.01. The molecule has 2 unspecified atom stereocenters. The second kappa shape index (κ2) is 8.90. The van der Waals surface area contributed by atoms with Gasteiger partial charge in [0.05, 0.1) is 6.04 Å². The number of anilines is 1. The number of nitrogens with two attached hydrogens (primary N) is 1.